The van der Waals surface area contributed by atoms with Crippen molar-refractivity contribution in [2.45, 2.75) is 19.6 Å². The molecule has 3 heterocycles. The smallest absolute Gasteiger partial charge is 0.319 e. The third kappa shape index (κ3) is 3.00. The van der Waals surface area contributed by atoms with Gasteiger partial charge in [0.15, 0.2) is 0 Å². The average molecular weight is 301 g/mol. The van der Waals surface area contributed by atoms with E-state index in [2.05, 4.69) is 20.4 Å². The molecule has 116 valence electrons. The van der Waals surface area contributed by atoms with E-state index < -0.39 is 0 Å². The molecule has 3 rings (SSSR count). The zero-order valence-corrected chi connectivity index (χ0v) is 12.7. The fourth-order valence-corrected chi connectivity index (χ4v) is 2.42. The topological polar surface area (TPSA) is 79.2 Å². The molecule has 0 saturated carbocycles. The fourth-order valence-electron chi connectivity index (χ4n) is 2.42. The van der Waals surface area contributed by atoms with Crippen LogP contribution in [0.5, 0.6) is 0 Å². The highest BCUT2D eigenvalue weighted by atomic mass is 16.2. The van der Waals surface area contributed by atoms with Gasteiger partial charge < -0.3 is 15.1 Å². The van der Waals surface area contributed by atoms with Crippen molar-refractivity contribution in [3.05, 3.63) is 35.9 Å². The number of rotatable bonds is 3. The summed E-state index contributed by atoms with van der Waals surface area (Å²) >= 11 is 0. The van der Waals surface area contributed by atoms with Crippen LogP contribution in [0, 0.1) is 0 Å². The highest BCUT2D eigenvalue weighted by molar-refractivity contribution is 5.73. The molecule has 0 unspecified atom stereocenters. The van der Waals surface area contributed by atoms with Crippen molar-refractivity contribution in [3.63, 3.8) is 0 Å². The molecule has 2 aromatic heterocycles. The van der Waals surface area contributed by atoms with Crippen LogP contribution in [0.25, 0.3) is 0 Å². The summed E-state index contributed by atoms with van der Waals surface area (Å²) in [4.78, 5) is 23.7. The van der Waals surface area contributed by atoms with E-state index in [4.69, 9.17) is 0 Å². The monoisotopic (exact) mass is 301 g/mol. The maximum absolute atomic E-state index is 12.0. The molecule has 0 bridgehead atoms. The Hall–Kier alpha value is -2.64. The largest absolute Gasteiger partial charge is 0.348 e. The summed E-state index contributed by atoms with van der Waals surface area (Å²) in [6.45, 7) is 2.55. The molecule has 0 radical (unpaired) electrons. The first-order chi connectivity index (χ1) is 10.6. The lowest BCUT2D eigenvalue weighted by atomic mass is 10.3. The van der Waals surface area contributed by atoms with Crippen molar-refractivity contribution >= 4 is 12.0 Å². The second-order valence-corrected chi connectivity index (χ2v) is 5.37. The lowest BCUT2D eigenvalue weighted by molar-refractivity contribution is 0.155. The van der Waals surface area contributed by atoms with Crippen molar-refractivity contribution in [1.82, 2.24) is 29.5 Å². The van der Waals surface area contributed by atoms with E-state index in [0.29, 0.717) is 25.6 Å². The van der Waals surface area contributed by atoms with Crippen molar-refractivity contribution in [3.8, 4) is 0 Å². The summed E-state index contributed by atoms with van der Waals surface area (Å²) in [6, 6.07) is 3.83. The molecule has 0 fully saturated rings. The summed E-state index contributed by atoms with van der Waals surface area (Å²) in [7, 11) is 3.53. The predicted molar refractivity (Wildman–Crippen MR) is 81.1 cm³/mol. The molecular formula is C14H19N7O. The highest BCUT2D eigenvalue weighted by Crippen LogP contribution is 2.15. The normalized spacial score (nSPS) is 13.6. The summed E-state index contributed by atoms with van der Waals surface area (Å²) < 4.78 is 1.96. The molecule has 0 aliphatic carbocycles. The average Bonchev–Trinajstić information content (AvgIpc) is 2.95. The van der Waals surface area contributed by atoms with E-state index in [1.807, 2.05) is 15.6 Å². The van der Waals surface area contributed by atoms with Gasteiger partial charge in [-0.15, -0.1) is 0 Å². The number of nitrogens with zero attached hydrogens (tertiary/aromatic N) is 6. The number of fused-ring (bicyclic) bond motifs is 1. The van der Waals surface area contributed by atoms with Gasteiger partial charge in [0.25, 0.3) is 0 Å². The standard InChI is InChI=1S/C14H19N7O/c1-19(2)14(22)20-6-7-21-12(10-20)8-11(18-21)9-17-13-15-4-3-5-16-13/h3-5,8H,6-7,9-10H2,1-2H3,(H,15,16,17). The van der Waals surface area contributed by atoms with Crippen LogP contribution in [0.3, 0.4) is 0 Å². The molecular weight excluding hydrogens is 282 g/mol. The molecule has 1 aliphatic heterocycles. The Labute approximate surface area is 128 Å². The lowest BCUT2D eigenvalue weighted by Gasteiger charge is -2.29. The Morgan fingerprint density at radius 1 is 1.32 bits per heavy atom. The van der Waals surface area contributed by atoms with Gasteiger partial charge >= 0.3 is 6.03 Å². The highest BCUT2D eigenvalue weighted by Gasteiger charge is 2.23. The van der Waals surface area contributed by atoms with E-state index in [9.17, 15) is 4.79 Å². The van der Waals surface area contributed by atoms with Crippen LogP contribution < -0.4 is 5.32 Å². The van der Waals surface area contributed by atoms with Gasteiger partial charge in [-0.05, 0) is 12.1 Å². The Bertz CT molecular complexity index is 652. The van der Waals surface area contributed by atoms with Crippen LogP contribution >= 0.6 is 0 Å². The third-order valence-corrected chi connectivity index (χ3v) is 3.49. The first-order valence-electron chi connectivity index (χ1n) is 7.16. The van der Waals surface area contributed by atoms with Crippen molar-refractivity contribution in [2.75, 3.05) is 26.0 Å². The number of hydrogen-bond acceptors (Lipinski definition) is 5. The van der Waals surface area contributed by atoms with Crippen LogP contribution in [0.1, 0.15) is 11.4 Å². The molecule has 2 aromatic rings. The van der Waals surface area contributed by atoms with Gasteiger partial charge in [0, 0.05) is 33.0 Å². The first kappa shape index (κ1) is 14.3. The van der Waals surface area contributed by atoms with Crippen molar-refractivity contribution < 1.29 is 4.79 Å². The van der Waals surface area contributed by atoms with Crippen LogP contribution in [-0.4, -0.2) is 56.2 Å². The SMILES string of the molecule is CN(C)C(=O)N1CCn2nc(CNc3ncccn3)cc2C1. The number of carbonyl (C=O) groups excluding carboxylic acids is 1. The fraction of sp³-hybridized carbons (Fsp3) is 0.429. The number of anilines is 1. The summed E-state index contributed by atoms with van der Waals surface area (Å²) in [5.41, 5.74) is 1.97. The Balaban J connectivity index is 1.65. The van der Waals surface area contributed by atoms with Crippen molar-refractivity contribution in [2.24, 2.45) is 0 Å². The van der Waals surface area contributed by atoms with Crippen LogP contribution in [0.4, 0.5) is 10.7 Å². The van der Waals surface area contributed by atoms with Gasteiger partial charge in [0.2, 0.25) is 5.95 Å². The maximum Gasteiger partial charge on any atom is 0.319 e. The predicted octanol–water partition coefficient (Wildman–Crippen LogP) is 0.782. The number of aromatic nitrogens is 4. The zero-order chi connectivity index (χ0) is 15.5. The minimum atomic E-state index is 0.0322. The van der Waals surface area contributed by atoms with Crippen LogP contribution in [0.15, 0.2) is 24.5 Å². The van der Waals surface area contributed by atoms with Gasteiger partial charge in [0.1, 0.15) is 0 Å². The van der Waals surface area contributed by atoms with Gasteiger partial charge in [0.05, 0.1) is 31.0 Å². The summed E-state index contributed by atoms with van der Waals surface area (Å²) in [5, 5.41) is 7.69. The number of urea groups is 1. The Morgan fingerprint density at radius 3 is 2.82 bits per heavy atom. The van der Waals surface area contributed by atoms with Gasteiger partial charge in [-0.2, -0.15) is 5.10 Å². The number of nitrogens with one attached hydrogen (secondary N) is 1. The molecule has 1 aliphatic rings. The molecule has 0 saturated heterocycles. The second kappa shape index (κ2) is 6.00. The molecule has 0 spiro atoms. The Kier molecular flexibility index (Phi) is 3.90. The summed E-state index contributed by atoms with van der Waals surface area (Å²) in [5.74, 6) is 0.581. The Morgan fingerprint density at radius 2 is 2.09 bits per heavy atom. The zero-order valence-electron chi connectivity index (χ0n) is 12.7. The first-order valence-corrected chi connectivity index (χ1v) is 7.16. The third-order valence-electron chi connectivity index (χ3n) is 3.49. The minimum Gasteiger partial charge on any atom is -0.348 e. The maximum atomic E-state index is 12.0. The molecule has 0 aromatic carbocycles. The second-order valence-electron chi connectivity index (χ2n) is 5.37. The number of hydrogen-bond donors (Lipinski definition) is 1. The summed E-state index contributed by atoms with van der Waals surface area (Å²) in [6.07, 6.45) is 3.39. The van der Waals surface area contributed by atoms with Gasteiger partial charge in [-0.1, -0.05) is 0 Å². The molecule has 1 N–H and O–H groups in total. The molecule has 8 heteroatoms. The van der Waals surface area contributed by atoms with E-state index in [0.717, 1.165) is 17.9 Å². The van der Waals surface area contributed by atoms with E-state index in [-0.39, 0.29) is 6.03 Å². The number of amides is 2. The van der Waals surface area contributed by atoms with Gasteiger partial charge in [-0.3, -0.25) is 4.68 Å². The quantitative estimate of drug-likeness (QED) is 0.906. The molecule has 0 atom stereocenters. The molecule has 2 amide bonds. The van der Waals surface area contributed by atoms with E-state index >= 15 is 0 Å². The molecule has 22 heavy (non-hydrogen) atoms. The van der Waals surface area contributed by atoms with E-state index in [1.165, 1.54) is 0 Å². The van der Waals surface area contributed by atoms with Crippen LogP contribution in [0.2, 0.25) is 0 Å². The molecule has 8 nitrogen and oxygen atoms in total. The van der Waals surface area contributed by atoms with Crippen molar-refractivity contribution in [1.29, 1.82) is 0 Å². The van der Waals surface area contributed by atoms with Gasteiger partial charge in [-0.25, -0.2) is 14.8 Å². The number of carbonyl (C=O) groups is 1. The minimum absolute atomic E-state index is 0.0322. The van der Waals surface area contributed by atoms with Crippen LogP contribution in [-0.2, 0) is 19.6 Å². The van der Waals surface area contributed by atoms with E-state index in [1.54, 1.807) is 37.5 Å². The lowest BCUT2D eigenvalue weighted by Crippen LogP contribution is -2.43.